The molecule has 2 N–H and O–H groups in total. The lowest BCUT2D eigenvalue weighted by Crippen LogP contribution is -2.27. The molecule has 1 aliphatic rings. The largest absolute Gasteiger partial charge is 0.374 e. The Labute approximate surface area is 90.0 Å². The van der Waals surface area contributed by atoms with Crippen molar-refractivity contribution in [2.45, 2.75) is 6.92 Å². The molecule has 1 amide bonds. The summed E-state index contributed by atoms with van der Waals surface area (Å²) in [4.78, 5) is 11.1. The Bertz CT molecular complexity index is 376. The summed E-state index contributed by atoms with van der Waals surface area (Å²) in [6.45, 7) is 2.38. The number of halogens is 1. The average molecular weight is 288 g/mol. The molecule has 1 aromatic rings. The first-order chi connectivity index (χ1) is 6.16. The van der Waals surface area contributed by atoms with Gasteiger partial charge in [0.1, 0.15) is 0 Å². The van der Waals surface area contributed by atoms with Crippen molar-refractivity contribution in [3.63, 3.8) is 0 Å². The smallest absolute Gasteiger partial charge is 0.243 e. The zero-order valence-corrected chi connectivity index (χ0v) is 9.31. The summed E-state index contributed by atoms with van der Waals surface area (Å²) in [5.74, 6) is 0.0221. The van der Waals surface area contributed by atoms with Crippen molar-refractivity contribution in [2.24, 2.45) is 0 Å². The van der Waals surface area contributed by atoms with Crippen molar-refractivity contribution in [2.75, 3.05) is 17.2 Å². The summed E-state index contributed by atoms with van der Waals surface area (Å²) in [7, 11) is 0. The summed E-state index contributed by atoms with van der Waals surface area (Å²) in [5, 5.41) is 5.92. The van der Waals surface area contributed by atoms with Gasteiger partial charge in [0.15, 0.2) is 0 Å². The number of anilines is 2. The van der Waals surface area contributed by atoms with E-state index in [-0.39, 0.29) is 5.91 Å². The van der Waals surface area contributed by atoms with Crippen molar-refractivity contribution >= 4 is 39.9 Å². The number of nitrogens with one attached hydrogen (secondary N) is 2. The third-order valence-corrected chi connectivity index (χ3v) is 2.79. The monoisotopic (exact) mass is 288 g/mol. The fraction of sp³-hybridized carbons (Fsp3) is 0.222. The molecular weight excluding hydrogens is 279 g/mol. The standard InChI is InChI=1S/C9H9IN2O/c1-5-2-6(10)9-7(3-5)12-8(13)4-11-9/h2-3,11H,4H2,1H3,(H,12,13). The first-order valence-electron chi connectivity index (χ1n) is 4.00. The fourth-order valence-electron chi connectivity index (χ4n) is 1.38. The van der Waals surface area contributed by atoms with E-state index < -0.39 is 0 Å². The SMILES string of the molecule is Cc1cc(I)c2c(c1)NC(=O)CN2. The Morgan fingerprint density at radius 1 is 1.46 bits per heavy atom. The molecule has 0 atom stereocenters. The number of carbonyl (C=O) groups is 1. The van der Waals surface area contributed by atoms with Crippen LogP contribution in [0.3, 0.4) is 0 Å². The van der Waals surface area contributed by atoms with Gasteiger partial charge >= 0.3 is 0 Å². The van der Waals surface area contributed by atoms with Crippen LogP contribution in [0.25, 0.3) is 0 Å². The molecule has 68 valence electrons. The summed E-state index contributed by atoms with van der Waals surface area (Å²) in [5.41, 5.74) is 3.08. The topological polar surface area (TPSA) is 41.1 Å². The van der Waals surface area contributed by atoms with E-state index in [1.165, 1.54) is 0 Å². The Morgan fingerprint density at radius 2 is 2.23 bits per heavy atom. The fourth-order valence-corrected chi connectivity index (χ4v) is 2.36. The van der Waals surface area contributed by atoms with Gasteiger partial charge in [0.25, 0.3) is 0 Å². The van der Waals surface area contributed by atoms with E-state index in [0.29, 0.717) is 6.54 Å². The van der Waals surface area contributed by atoms with Crippen LogP contribution >= 0.6 is 22.6 Å². The van der Waals surface area contributed by atoms with Crippen LogP contribution in [0.15, 0.2) is 12.1 Å². The van der Waals surface area contributed by atoms with E-state index in [4.69, 9.17) is 0 Å². The second-order valence-corrected chi connectivity index (χ2v) is 4.23. The molecule has 13 heavy (non-hydrogen) atoms. The molecule has 0 radical (unpaired) electrons. The zero-order chi connectivity index (χ0) is 9.42. The molecular formula is C9H9IN2O. The van der Waals surface area contributed by atoms with Gasteiger partial charge in [0.05, 0.1) is 17.9 Å². The average Bonchev–Trinajstić information content (AvgIpc) is 2.02. The normalized spacial score (nSPS) is 14.5. The highest BCUT2D eigenvalue weighted by Crippen LogP contribution is 2.31. The van der Waals surface area contributed by atoms with Gasteiger partial charge in [-0.15, -0.1) is 0 Å². The zero-order valence-electron chi connectivity index (χ0n) is 7.15. The lowest BCUT2D eigenvalue weighted by molar-refractivity contribution is -0.114. The summed E-state index contributed by atoms with van der Waals surface area (Å²) in [6.07, 6.45) is 0. The van der Waals surface area contributed by atoms with Gasteiger partial charge in [0.2, 0.25) is 5.91 Å². The van der Waals surface area contributed by atoms with Crippen molar-refractivity contribution in [1.82, 2.24) is 0 Å². The predicted molar refractivity (Wildman–Crippen MR) is 61.0 cm³/mol. The predicted octanol–water partition coefficient (Wildman–Crippen LogP) is 1.96. The molecule has 0 saturated heterocycles. The molecule has 0 spiro atoms. The number of fused-ring (bicyclic) bond motifs is 1. The number of hydrogen-bond donors (Lipinski definition) is 2. The summed E-state index contributed by atoms with van der Waals surface area (Å²) < 4.78 is 1.15. The third kappa shape index (κ3) is 1.63. The second-order valence-electron chi connectivity index (χ2n) is 3.07. The van der Waals surface area contributed by atoms with Crippen molar-refractivity contribution < 1.29 is 4.79 Å². The highest BCUT2D eigenvalue weighted by atomic mass is 127. The molecule has 4 heteroatoms. The maximum Gasteiger partial charge on any atom is 0.243 e. The molecule has 0 saturated carbocycles. The number of benzene rings is 1. The van der Waals surface area contributed by atoms with Gasteiger partial charge in [-0.3, -0.25) is 4.79 Å². The number of carbonyl (C=O) groups excluding carboxylic acids is 1. The molecule has 0 aliphatic carbocycles. The molecule has 2 rings (SSSR count). The maximum absolute atomic E-state index is 11.1. The molecule has 1 aromatic carbocycles. The Morgan fingerprint density at radius 3 is 3.00 bits per heavy atom. The van der Waals surface area contributed by atoms with Gasteiger partial charge in [-0.25, -0.2) is 0 Å². The maximum atomic E-state index is 11.1. The first kappa shape index (κ1) is 8.80. The van der Waals surface area contributed by atoms with Crippen LogP contribution in [-0.4, -0.2) is 12.5 Å². The van der Waals surface area contributed by atoms with Gasteiger partial charge in [-0.05, 0) is 47.2 Å². The van der Waals surface area contributed by atoms with E-state index in [1.807, 2.05) is 13.0 Å². The molecule has 0 fully saturated rings. The van der Waals surface area contributed by atoms with Gasteiger partial charge in [-0.1, -0.05) is 0 Å². The first-order valence-corrected chi connectivity index (χ1v) is 5.08. The molecule has 0 bridgehead atoms. The Kier molecular flexibility index (Phi) is 2.15. The second kappa shape index (κ2) is 3.17. The highest BCUT2D eigenvalue weighted by molar-refractivity contribution is 14.1. The summed E-state index contributed by atoms with van der Waals surface area (Å²) in [6, 6.07) is 4.06. The van der Waals surface area contributed by atoms with Crippen LogP contribution < -0.4 is 10.6 Å². The van der Waals surface area contributed by atoms with Crippen LogP contribution in [-0.2, 0) is 4.79 Å². The minimum absolute atomic E-state index is 0.0221. The Balaban J connectivity index is 2.53. The van der Waals surface area contributed by atoms with Crippen molar-refractivity contribution in [1.29, 1.82) is 0 Å². The third-order valence-electron chi connectivity index (χ3n) is 1.93. The van der Waals surface area contributed by atoms with E-state index >= 15 is 0 Å². The lowest BCUT2D eigenvalue weighted by Gasteiger charge is -2.20. The summed E-state index contributed by atoms with van der Waals surface area (Å²) >= 11 is 2.26. The van der Waals surface area contributed by atoms with Crippen LogP contribution in [0, 0.1) is 10.5 Å². The molecule has 3 nitrogen and oxygen atoms in total. The number of amides is 1. The lowest BCUT2D eigenvalue weighted by atomic mass is 10.1. The van der Waals surface area contributed by atoms with E-state index in [2.05, 4.69) is 39.3 Å². The van der Waals surface area contributed by atoms with E-state index in [1.54, 1.807) is 0 Å². The van der Waals surface area contributed by atoms with Gasteiger partial charge < -0.3 is 10.6 Å². The van der Waals surface area contributed by atoms with E-state index in [0.717, 1.165) is 20.5 Å². The molecule has 1 heterocycles. The van der Waals surface area contributed by atoms with Gasteiger partial charge in [0, 0.05) is 3.57 Å². The van der Waals surface area contributed by atoms with Crippen LogP contribution in [0.2, 0.25) is 0 Å². The van der Waals surface area contributed by atoms with Crippen LogP contribution in [0.1, 0.15) is 5.56 Å². The number of rotatable bonds is 0. The number of aryl methyl sites for hydroxylation is 1. The van der Waals surface area contributed by atoms with Crippen molar-refractivity contribution in [3.8, 4) is 0 Å². The minimum atomic E-state index is 0.0221. The minimum Gasteiger partial charge on any atom is -0.374 e. The molecule has 1 aliphatic heterocycles. The quantitative estimate of drug-likeness (QED) is 0.717. The molecule has 0 unspecified atom stereocenters. The van der Waals surface area contributed by atoms with E-state index in [9.17, 15) is 4.79 Å². The number of hydrogen-bond acceptors (Lipinski definition) is 2. The van der Waals surface area contributed by atoms with Crippen LogP contribution in [0.5, 0.6) is 0 Å². The Hall–Kier alpha value is -0.780. The highest BCUT2D eigenvalue weighted by Gasteiger charge is 2.16. The van der Waals surface area contributed by atoms with Crippen LogP contribution in [0.4, 0.5) is 11.4 Å². The van der Waals surface area contributed by atoms with Gasteiger partial charge in [-0.2, -0.15) is 0 Å². The van der Waals surface area contributed by atoms with Crippen molar-refractivity contribution in [3.05, 3.63) is 21.3 Å². The molecule has 0 aromatic heterocycles.